The largest absolute Gasteiger partial charge is 0.425 e. The van der Waals surface area contributed by atoms with Crippen LogP contribution in [0.5, 0.6) is 5.75 Å². The SMILES string of the molecule is CCCCNCCC1(c2ccccc2)C(=O)Oc2ccccc21. The van der Waals surface area contributed by atoms with Crippen LogP contribution in [0.2, 0.25) is 0 Å². The molecular weight excluding hydrogens is 286 g/mol. The van der Waals surface area contributed by atoms with Gasteiger partial charge in [0.25, 0.3) is 0 Å². The van der Waals surface area contributed by atoms with Crippen molar-refractivity contribution < 1.29 is 9.53 Å². The van der Waals surface area contributed by atoms with Crippen LogP contribution in [0.4, 0.5) is 0 Å². The van der Waals surface area contributed by atoms with E-state index in [2.05, 4.69) is 12.2 Å². The molecule has 0 saturated carbocycles. The Hall–Kier alpha value is -2.13. The van der Waals surface area contributed by atoms with Crippen molar-refractivity contribution in [1.29, 1.82) is 0 Å². The maximum Gasteiger partial charge on any atom is 0.326 e. The summed E-state index contributed by atoms with van der Waals surface area (Å²) in [5.74, 6) is 0.525. The third kappa shape index (κ3) is 2.89. The van der Waals surface area contributed by atoms with E-state index < -0.39 is 5.41 Å². The van der Waals surface area contributed by atoms with Crippen LogP contribution >= 0.6 is 0 Å². The molecule has 0 spiro atoms. The van der Waals surface area contributed by atoms with E-state index >= 15 is 0 Å². The lowest BCUT2D eigenvalue weighted by molar-refractivity contribution is -0.137. The molecule has 1 heterocycles. The van der Waals surface area contributed by atoms with Crippen LogP contribution in [0, 0.1) is 0 Å². The quantitative estimate of drug-likeness (QED) is 0.482. The number of carbonyl (C=O) groups is 1. The molecule has 1 aliphatic heterocycles. The Kier molecular flexibility index (Phi) is 4.77. The Balaban J connectivity index is 1.94. The summed E-state index contributed by atoms with van der Waals surface area (Å²) < 4.78 is 5.59. The summed E-state index contributed by atoms with van der Waals surface area (Å²) >= 11 is 0. The van der Waals surface area contributed by atoms with Gasteiger partial charge in [0, 0.05) is 5.56 Å². The van der Waals surface area contributed by atoms with Crippen molar-refractivity contribution in [3.8, 4) is 5.75 Å². The van der Waals surface area contributed by atoms with Crippen molar-refractivity contribution in [3.63, 3.8) is 0 Å². The van der Waals surface area contributed by atoms with Crippen LogP contribution in [-0.2, 0) is 10.2 Å². The normalized spacial score (nSPS) is 19.4. The first-order valence-electron chi connectivity index (χ1n) is 8.37. The number of rotatable bonds is 7. The van der Waals surface area contributed by atoms with Crippen molar-refractivity contribution in [2.45, 2.75) is 31.6 Å². The summed E-state index contributed by atoms with van der Waals surface area (Å²) in [6, 6.07) is 17.8. The molecule has 3 nitrogen and oxygen atoms in total. The Bertz CT molecular complexity index is 668. The van der Waals surface area contributed by atoms with E-state index in [1.807, 2.05) is 54.6 Å². The van der Waals surface area contributed by atoms with E-state index in [4.69, 9.17) is 4.74 Å². The standard InChI is InChI=1S/C20H23NO2/c1-2-3-14-21-15-13-20(16-9-5-4-6-10-16)17-11-7-8-12-18(17)23-19(20)22/h4-12,21H,2-3,13-15H2,1H3. The molecule has 0 aromatic heterocycles. The molecule has 2 aromatic rings. The number of hydrogen-bond acceptors (Lipinski definition) is 3. The first-order valence-corrected chi connectivity index (χ1v) is 8.37. The summed E-state index contributed by atoms with van der Waals surface area (Å²) in [6.45, 7) is 3.95. The molecule has 3 heteroatoms. The van der Waals surface area contributed by atoms with Crippen LogP contribution in [0.15, 0.2) is 54.6 Å². The van der Waals surface area contributed by atoms with Crippen molar-refractivity contribution in [2.24, 2.45) is 0 Å². The van der Waals surface area contributed by atoms with Crippen molar-refractivity contribution in [2.75, 3.05) is 13.1 Å². The molecule has 23 heavy (non-hydrogen) atoms. The predicted molar refractivity (Wildman–Crippen MR) is 91.7 cm³/mol. The molecule has 0 amide bonds. The molecule has 120 valence electrons. The Morgan fingerprint density at radius 1 is 1.00 bits per heavy atom. The second-order valence-corrected chi connectivity index (χ2v) is 6.01. The number of hydrogen-bond donors (Lipinski definition) is 1. The van der Waals surface area contributed by atoms with Crippen molar-refractivity contribution in [3.05, 3.63) is 65.7 Å². The van der Waals surface area contributed by atoms with E-state index in [0.29, 0.717) is 12.2 Å². The first kappa shape index (κ1) is 15.8. The van der Waals surface area contributed by atoms with Gasteiger partial charge in [-0.25, -0.2) is 0 Å². The molecule has 1 N–H and O–H groups in total. The molecule has 1 aliphatic rings. The van der Waals surface area contributed by atoms with Crippen LogP contribution < -0.4 is 10.1 Å². The molecule has 0 saturated heterocycles. The monoisotopic (exact) mass is 309 g/mol. The molecule has 1 unspecified atom stereocenters. The second kappa shape index (κ2) is 6.97. The highest BCUT2D eigenvalue weighted by molar-refractivity contribution is 5.94. The fourth-order valence-corrected chi connectivity index (χ4v) is 3.28. The zero-order valence-corrected chi connectivity index (χ0v) is 13.5. The molecular formula is C20H23NO2. The van der Waals surface area contributed by atoms with Gasteiger partial charge in [-0.15, -0.1) is 0 Å². The number of para-hydroxylation sites is 1. The van der Waals surface area contributed by atoms with E-state index in [1.165, 1.54) is 6.42 Å². The summed E-state index contributed by atoms with van der Waals surface area (Å²) in [4.78, 5) is 12.8. The van der Waals surface area contributed by atoms with Gasteiger partial charge in [-0.1, -0.05) is 61.9 Å². The maximum absolute atomic E-state index is 12.8. The van der Waals surface area contributed by atoms with Crippen molar-refractivity contribution in [1.82, 2.24) is 5.32 Å². The fraction of sp³-hybridized carbons (Fsp3) is 0.350. The summed E-state index contributed by atoms with van der Waals surface area (Å²) in [5, 5.41) is 3.45. The number of ether oxygens (including phenoxy) is 1. The summed E-state index contributed by atoms with van der Waals surface area (Å²) in [6.07, 6.45) is 3.03. The highest BCUT2D eigenvalue weighted by Gasteiger charge is 2.49. The zero-order chi connectivity index (χ0) is 16.1. The third-order valence-corrected chi connectivity index (χ3v) is 4.55. The summed E-state index contributed by atoms with van der Waals surface area (Å²) in [7, 11) is 0. The number of fused-ring (bicyclic) bond motifs is 1. The average Bonchev–Trinajstić information content (AvgIpc) is 2.88. The van der Waals surface area contributed by atoms with Crippen LogP contribution in [-0.4, -0.2) is 19.1 Å². The molecule has 0 radical (unpaired) electrons. The van der Waals surface area contributed by atoms with E-state index in [1.54, 1.807) is 0 Å². The molecule has 3 rings (SSSR count). The van der Waals surface area contributed by atoms with Gasteiger partial charge in [0.2, 0.25) is 0 Å². The minimum absolute atomic E-state index is 0.165. The second-order valence-electron chi connectivity index (χ2n) is 6.01. The number of carbonyl (C=O) groups excluding carboxylic acids is 1. The molecule has 0 aliphatic carbocycles. The molecule has 0 fully saturated rings. The number of esters is 1. The Labute approximate surface area is 137 Å². The minimum Gasteiger partial charge on any atom is -0.425 e. The number of unbranched alkanes of at least 4 members (excludes halogenated alkanes) is 1. The predicted octanol–water partition coefficient (Wildman–Crippen LogP) is 3.67. The smallest absolute Gasteiger partial charge is 0.326 e. The zero-order valence-electron chi connectivity index (χ0n) is 13.5. The van der Waals surface area contributed by atoms with Gasteiger partial charge in [-0.2, -0.15) is 0 Å². The van der Waals surface area contributed by atoms with E-state index in [9.17, 15) is 4.79 Å². The Morgan fingerprint density at radius 3 is 2.52 bits per heavy atom. The molecule has 0 bridgehead atoms. The van der Waals surface area contributed by atoms with Crippen LogP contribution in [0.25, 0.3) is 0 Å². The first-order chi connectivity index (χ1) is 11.3. The lowest BCUT2D eigenvalue weighted by atomic mass is 9.73. The van der Waals surface area contributed by atoms with Crippen LogP contribution in [0.3, 0.4) is 0 Å². The van der Waals surface area contributed by atoms with E-state index in [0.717, 1.165) is 30.6 Å². The van der Waals surface area contributed by atoms with Gasteiger partial charge in [0.1, 0.15) is 11.2 Å². The number of benzene rings is 2. The van der Waals surface area contributed by atoms with Gasteiger partial charge >= 0.3 is 5.97 Å². The lowest BCUT2D eigenvalue weighted by Crippen LogP contribution is -2.38. The maximum atomic E-state index is 12.8. The van der Waals surface area contributed by atoms with Gasteiger partial charge in [-0.3, -0.25) is 4.79 Å². The topological polar surface area (TPSA) is 38.3 Å². The molecule has 2 aromatic carbocycles. The van der Waals surface area contributed by atoms with Gasteiger partial charge in [0.15, 0.2) is 0 Å². The van der Waals surface area contributed by atoms with Gasteiger partial charge in [-0.05, 0) is 37.6 Å². The highest BCUT2D eigenvalue weighted by Crippen LogP contribution is 2.46. The third-order valence-electron chi connectivity index (χ3n) is 4.55. The fourth-order valence-electron chi connectivity index (χ4n) is 3.28. The summed E-state index contributed by atoms with van der Waals surface area (Å²) in [5.41, 5.74) is 1.29. The van der Waals surface area contributed by atoms with Crippen molar-refractivity contribution >= 4 is 5.97 Å². The highest BCUT2D eigenvalue weighted by atomic mass is 16.5. The van der Waals surface area contributed by atoms with Crippen LogP contribution in [0.1, 0.15) is 37.3 Å². The number of nitrogens with one attached hydrogen (secondary N) is 1. The van der Waals surface area contributed by atoms with Gasteiger partial charge in [0.05, 0.1) is 0 Å². The van der Waals surface area contributed by atoms with E-state index in [-0.39, 0.29) is 5.97 Å². The lowest BCUT2D eigenvalue weighted by Gasteiger charge is -2.27. The average molecular weight is 309 g/mol. The molecule has 1 atom stereocenters. The minimum atomic E-state index is -0.697. The van der Waals surface area contributed by atoms with Gasteiger partial charge < -0.3 is 10.1 Å². The Morgan fingerprint density at radius 2 is 1.74 bits per heavy atom.